The third-order valence-corrected chi connectivity index (χ3v) is 9.30. The van der Waals surface area contributed by atoms with Crippen LogP contribution in [0.1, 0.15) is 50.1 Å². The van der Waals surface area contributed by atoms with Crippen molar-refractivity contribution in [3.8, 4) is 0 Å². The van der Waals surface area contributed by atoms with Crippen LogP contribution >= 0.6 is 34.3 Å². The van der Waals surface area contributed by atoms with Gasteiger partial charge in [-0.25, -0.2) is 4.98 Å². The summed E-state index contributed by atoms with van der Waals surface area (Å²) in [5.74, 6) is -0.786. The number of thiophene rings is 1. The Morgan fingerprint density at radius 1 is 1.11 bits per heavy atom. The van der Waals surface area contributed by atoms with Crippen molar-refractivity contribution in [2.24, 2.45) is 5.92 Å². The van der Waals surface area contributed by atoms with Crippen LogP contribution in [0, 0.1) is 5.92 Å². The van der Waals surface area contributed by atoms with Gasteiger partial charge in [0.1, 0.15) is 5.69 Å². The number of likely N-dealkylation sites (N-methyl/N-ethyl adjacent to an activating group) is 1. The molecular formula is C25H29ClN6O3S2. The summed E-state index contributed by atoms with van der Waals surface area (Å²) >= 11 is 8.91. The second kappa shape index (κ2) is 10.6. The summed E-state index contributed by atoms with van der Waals surface area (Å²) in [6.07, 6.45) is 4.09. The minimum Gasteiger partial charge on any atom is -0.349 e. The molecule has 1 aliphatic carbocycles. The lowest BCUT2D eigenvalue weighted by Gasteiger charge is -2.37. The molecule has 0 spiro atoms. The Hall–Kier alpha value is -2.60. The number of hydrogen-bond acceptors (Lipinski definition) is 8. The van der Waals surface area contributed by atoms with Gasteiger partial charge in [-0.2, -0.15) is 0 Å². The highest BCUT2D eigenvalue weighted by Crippen LogP contribution is 2.30. The molecule has 3 atom stereocenters. The molecule has 0 radical (unpaired) electrons. The molecule has 0 bridgehead atoms. The van der Waals surface area contributed by atoms with Crippen LogP contribution in [0.2, 0.25) is 4.34 Å². The largest absolute Gasteiger partial charge is 0.349 e. The Balaban J connectivity index is 1.33. The van der Waals surface area contributed by atoms with Gasteiger partial charge in [0.2, 0.25) is 5.91 Å². The summed E-state index contributed by atoms with van der Waals surface area (Å²) in [6.45, 7) is 1.70. The highest BCUT2D eigenvalue weighted by molar-refractivity contribution is 7.22. The van der Waals surface area contributed by atoms with E-state index in [1.54, 1.807) is 31.3 Å². The van der Waals surface area contributed by atoms with Crippen LogP contribution in [-0.4, -0.2) is 77.3 Å². The van der Waals surface area contributed by atoms with E-state index in [0.29, 0.717) is 34.3 Å². The predicted molar refractivity (Wildman–Crippen MR) is 145 cm³/mol. The Morgan fingerprint density at radius 3 is 2.68 bits per heavy atom. The first-order valence-corrected chi connectivity index (χ1v) is 14.2. The van der Waals surface area contributed by atoms with E-state index in [1.165, 1.54) is 22.7 Å². The molecule has 1 fully saturated rings. The van der Waals surface area contributed by atoms with Gasteiger partial charge in [-0.15, -0.1) is 22.7 Å². The lowest BCUT2D eigenvalue weighted by Crippen LogP contribution is -2.56. The molecule has 1 saturated carbocycles. The van der Waals surface area contributed by atoms with Gasteiger partial charge < -0.3 is 20.4 Å². The molecule has 0 unspecified atom stereocenters. The molecule has 4 heterocycles. The van der Waals surface area contributed by atoms with Crippen LogP contribution < -0.4 is 10.6 Å². The highest BCUT2D eigenvalue weighted by Gasteiger charge is 2.37. The van der Waals surface area contributed by atoms with Gasteiger partial charge in [-0.1, -0.05) is 11.6 Å². The van der Waals surface area contributed by atoms with Crippen molar-refractivity contribution in [2.75, 3.05) is 27.7 Å². The molecule has 2 N–H and O–H groups in total. The van der Waals surface area contributed by atoms with Gasteiger partial charge in [0.25, 0.3) is 11.8 Å². The summed E-state index contributed by atoms with van der Waals surface area (Å²) in [4.78, 5) is 52.9. The third kappa shape index (κ3) is 5.64. The fourth-order valence-electron chi connectivity index (χ4n) is 5.01. The zero-order chi connectivity index (χ0) is 26.3. The Kier molecular flexibility index (Phi) is 7.49. The van der Waals surface area contributed by atoms with Gasteiger partial charge in [0, 0.05) is 66.7 Å². The number of amides is 3. The molecule has 9 nitrogen and oxygen atoms in total. The average molecular weight is 561 g/mol. The number of thiazole rings is 1. The maximum atomic E-state index is 13.3. The number of pyridine rings is 1. The monoisotopic (exact) mass is 560 g/mol. The topological polar surface area (TPSA) is 108 Å². The van der Waals surface area contributed by atoms with Crippen molar-refractivity contribution in [3.05, 3.63) is 43.9 Å². The maximum absolute atomic E-state index is 13.3. The molecule has 12 heteroatoms. The third-order valence-electron chi connectivity index (χ3n) is 6.99. The van der Waals surface area contributed by atoms with E-state index in [2.05, 4.69) is 32.5 Å². The van der Waals surface area contributed by atoms with E-state index < -0.39 is 6.04 Å². The average Bonchev–Trinajstić information content (AvgIpc) is 3.46. The van der Waals surface area contributed by atoms with E-state index >= 15 is 0 Å². The number of aromatic nitrogens is 2. The molecule has 3 amide bonds. The van der Waals surface area contributed by atoms with Crippen LogP contribution in [0.25, 0.3) is 10.1 Å². The van der Waals surface area contributed by atoms with Crippen molar-refractivity contribution in [3.63, 3.8) is 0 Å². The Bertz CT molecular complexity index is 1360. The maximum Gasteiger partial charge on any atom is 0.280 e. The first-order chi connectivity index (χ1) is 17.7. The molecular weight excluding hydrogens is 532 g/mol. The number of rotatable bonds is 5. The van der Waals surface area contributed by atoms with E-state index in [9.17, 15) is 14.4 Å². The second-order valence-corrected chi connectivity index (χ2v) is 12.7. The standard InChI is InChI=1S/C25H29ClN6O3S2/c1-31(2)25(35)13-4-5-15(28-22(33)18-10-19-14(11-27-18)9-21(26)36-19)17(8-13)29-23(34)24-30-16-6-7-32(3)12-20(16)37-24/h9-11,13,15,17H,4-8,12H2,1-3H3,(H,28,33)(H,29,34)/t13-,15-,17+/m0/s1. The number of nitrogens with zero attached hydrogens (tertiary/aromatic N) is 4. The predicted octanol–water partition coefficient (Wildman–Crippen LogP) is 3.18. The van der Waals surface area contributed by atoms with E-state index in [1.807, 2.05) is 6.07 Å². The second-order valence-electron chi connectivity index (χ2n) is 9.94. The molecule has 3 aromatic rings. The molecule has 2 aliphatic rings. The lowest BCUT2D eigenvalue weighted by molar-refractivity contribution is -0.134. The van der Waals surface area contributed by atoms with Gasteiger partial charge in [-0.05, 0) is 38.4 Å². The summed E-state index contributed by atoms with van der Waals surface area (Å²) < 4.78 is 1.52. The number of carbonyl (C=O) groups is 3. The summed E-state index contributed by atoms with van der Waals surface area (Å²) in [5, 5.41) is 7.47. The number of halogens is 1. The van der Waals surface area contributed by atoms with Gasteiger partial charge in [0.15, 0.2) is 5.01 Å². The minimum atomic E-state index is -0.414. The van der Waals surface area contributed by atoms with Gasteiger partial charge >= 0.3 is 0 Å². The molecule has 0 saturated heterocycles. The zero-order valence-electron chi connectivity index (χ0n) is 20.9. The normalized spacial score (nSPS) is 21.9. The number of carbonyl (C=O) groups excluding carboxylic acids is 3. The molecule has 5 rings (SSSR count). The quantitative estimate of drug-likeness (QED) is 0.496. The van der Waals surface area contributed by atoms with Crippen molar-refractivity contribution < 1.29 is 14.4 Å². The lowest BCUT2D eigenvalue weighted by atomic mass is 9.81. The fourth-order valence-corrected chi connectivity index (χ4v) is 7.26. The Labute approximate surface area is 228 Å². The van der Waals surface area contributed by atoms with Crippen molar-refractivity contribution >= 4 is 62.1 Å². The molecule has 0 aromatic carbocycles. The van der Waals surface area contributed by atoms with Crippen molar-refractivity contribution in [2.45, 2.75) is 44.3 Å². The molecule has 37 heavy (non-hydrogen) atoms. The summed E-state index contributed by atoms with van der Waals surface area (Å²) in [5.41, 5.74) is 1.27. The van der Waals surface area contributed by atoms with Gasteiger partial charge in [0.05, 0.1) is 16.1 Å². The van der Waals surface area contributed by atoms with Crippen molar-refractivity contribution in [1.29, 1.82) is 0 Å². The number of nitrogens with one attached hydrogen (secondary N) is 2. The Morgan fingerprint density at radius 2 is 1.89 bits per heavy atom. The molecule has 1 aliphatic heterocycles. The smallest absolute Gasteiger partial charge is 0.280 e. The molecule has 3 aromatic heterocycles. The SMILES string of the molecule is CN1CCc2nc(C(=O)N[C@@H]3C[C@@H](C(=O)N(C)C)CC[C@@H]3NC(=O)c3cc4sc(Cl)cc4cn3)sc2C1. The summed E-state index contributed by atoms with van der Waals surface area (Å²) in [7, 11) is 5.53. The summed E-state index contributed by atoms with van der Waals surface area (Å²) in [6, 6.07) is 2.79. The van der Waals surface area contributed by atoms with E-state index in [-0.39, 0.29) is 29.7 Å². The minimum absolute atomic E-state index is 0.0264. The number of fused-ring (bicyclic) bond motifs is 2. The van der Waals surface area contributed by atoms with Crippen LogP contribution in [0.4, 0.5) is 0 Å². The first-order valence-electron chi connectivity index (χ1n) is 12.2. The van der Waals surface area contributed by atoms with Crippen LogP contribution in [0.3, 0.4) is 0 Å². The fraction of sp³-hybridized carbons (Fsp3) is 0.480. The van der Waals surface area contributed by atoms with E-state index in [0.717, 1.165) is 40.2 Å². The number of hydrogen-bond donors (Lipinski definition) is 2. The molecule has 196 valence electrons. The van der Waals surface area contributed by atoms with Crippen LogP contribution in [0.5, 0.6) is 0 Å². The highest BCUT2D eigenvalue weighted by atomic mass is 35.5. The van der Waals surface area contributed by atoms with Crippen LogP contribution in [0.15, 0.2) is 18.3 Å². The zero-order valence-corrected chi connectivity index (χ0v) is 23.3. The first kappa shape index (κ1) is 26.0. The van der Waals surface area contributed by atoms with Crippen LogP contribution in [-0.2, 0) is 17.8 Å². The van der Waals surface area contributed by atoms with Crippen molar-refractivity contribution in [1.82, 2.24) is 30.4 Å². The van der Waals surface area contributed by atoms with E-state index in [4.69, 9.17) is 11.6 Å². The van der Waals surface area contributed by atoms with Gasteiger partial charge in [-0.3, -0.25) is 19.4 Å².